The topological polar surface area (TPSA) is 76.7 Å². The highest BCUT2D eigenvalue weighted by Crippen LogP contribution is 2.16. The maximum atomic E-state index is 5.26. The lowest BCUT2D eigenvalue weighted by Gasteiger charge is -2.02. The van der Waals surface area contributed by atoms with Gasteiger partial charge in [-0.3, -0.25) is 0 Å². The first-order chi connectivity index (χ1) is 14.1. The van der Waals surface area contributed by atoms with Crippen LogP contribution in [0, 0.1) is 0 Å². The molecule has 0 atom stereocenters. The van der Waals surface area contributed by atoms with Gasteiger partial charge in [0.05, 0.1) is 38.6 Å². The normalized spacial score (nSPS) is 12.4. The molecule has 2 heterocycles. The maximum Gasteiger partial charge on any atom is 0.354 e. The average molecular weight is 391 g/mol. The second kappa shape index (κ2) is 9.41. The zero-order chi connectivity index (χ0) is 20.6. The molecule has 0 unspecified atom stereocenters. The van der Waals surface area contributed by atoms with Gasteiger partial charge in [0, 0.05) is 30.9 Å². The molecule has 0 radical (unpaired) electrons. The van der Waals surface area contributed by atoms with E-state index in [2.05, 4.69) is 20.4 Å². The van der Waals surface area contributed by atoms with Gasteiger partial charge in [0.1, 0.15) is 11.5 Å². The fourth-order valence-electron chi connectivity index (χ4n) is 2.45. The molecular formula is C21H23N6O2+. The summed E-state index contributed by atoms with van der Waals surface area (Å²) in [5.74, 6) is 2.41. The van der Waals surface area contributed by atoms with E-state index in [9.17, 15) is 0 Å². The Balaban J connectivity index is 2.05. The third-order valence-corrected chi connectivity index (χ3v) is 4.19. The summed E-state index contributed by atoms with van der Waals surface area (Å²) in [6.45, 7) is 0. The second-order valence-electron chi connectivity index (χ2n) is 6.16. The third-order valence-electron chi connectivity index (χ3n) is 4.19. The Morgan fingerprint density at radius 2 is 1.69 bits per heavy atom. The Morgan fingerprint density at radius 1 is 0.966 bits per heavy atom. The van der Waals surface area contributed by atoms with Gasteiger partial charge in [-0.1, -0.05) is 30.3 Å². The monoisotopic (exact) mass is 391 g/mol. The fourth-order valence-corrected chi connectivity index (χ4v) is 2.45. The highest BCUT2D eigenvalue weighted by molar-refractivity contribution is 5.99. The summed E-state index contributed by atoms with van der Waals surface area (Å²) in [6, 6.07) is 16.9. The van der Waals surface area contributed by atoms with Crippen LogP contribution in [-0.4, -0.2) is 24.6 Å². The number of azo groups is 1. The molecule has 0 fully saturated rings. The quantitative estimate of drug-likeness (QED) is 0.220. The summed E-state index contributed by atoms with van der Waals surface area (Å²) >= 11 is 0. The molecule has 0 N–H and O–H groups in total. The van der Waals surface area contributed by atoms with Crippen molar-refractivity contribution in [2.24, 2.45) is 34.5 Å². The summed E-state index contributed by atoms with van der Waals surface area (Å²) in [5, 5.41) is 17.4. The van der Waals surface area contributed by atoms with E-state index in [1.807, 2.05) is 78.1 Å². The van der Waals surface area contributed by atoms with Crippen molar-refractivity contribution in [1.82, 2.24) is 4.57 Å². The van der Waals surface area contributed by atoms with Gasteiger partial charge in [-0.05, 0) is 11.2 Å². The van der Waals surface area contributed by atoms with Crippen molar-refractivity contribution >= 4 is 11.7 Å². The van der Waals surface area contributed by atoms with Gasteiger partial charge in [-0.25, -0.2) is 4.57 Å². The number of hydrogen-bond acceptors (Lipinski definition) is 5. The molecule has 0 aliphatic rings. The fraction of sp³-hybridized carbons (Fsp3) is 0.190. The molecule has 0 saturated heterocycles. The van der Waals surface area contributed by atoms with Gasteiger partial charge in [-0.2, -0.15) is 0 Å². The number of rotatable bonds is 5. The number of amidine groups is 1. The van der Waals surface area contributed by atoms with Gasteiger partial charge in [0.2, 0.25) is 5.84 Å². The van der Waals surface area contributed by atoms with Crippen molar-refractivity contribution in [3.8, 4) is 11.5 Å². The number of aryl methyl sites for hydroxylation is 2. The van der Waals surface area contributed by atoms with Gasteiger partial charge in [-0.15, -0.1) is 10.2 Å². The summed E-state index contributed by atoms with van der Waals surface area (Å²) < 4.78 is 14.2. The second-order valence-corrected chi connectivity index (χ2v) is 6.16. The van der Waals surface area contributed by atoms with Crippen LogP contribution in [-0.2, 0) is 14.1 Å². The maximum absolute atomic E-state index is 5.26. The van der Waals surface area contributed by atoms with Gasteiger partial charge in [0.25, 0.3) is 0 Å². The SMILES string of the molecule is COc1cc[n+](C)c(N=NC(=NN=c2cc(OC)ccn2C)c2ccccc2)c1. The van der Waals surface area contributed by atoms with E-state index in [0.717, 1.165) is 5.56 Å². The number of aromatic nitrogens is 2. The van der Waals surface area contributed by atoms with E-state index in [1.54, 1.807) is 26.4 Å². The molecule has 2 aromatic heterocycles. The largest absolute Gasteiger partial charge is 0.497 e. The summed E-state index contributed by atoms with van der Waals surface area (Å²) in [5.41, 5.74) is 1.43. The molecule has 0 spiro atoms. The highest BCUT2D eigenvalue weighted by atomic mass is 16.5. The molecule has 0 amide bonds. The van der Waals surface area contributed by atoms with E-state index in [0.29, 0.717) is 28.6 Å². The van der Waals surface area contributed by atoms with Gasteiger partial charge in [0.15, 0.2) is 5.49 Å². The van der Waals surface area contributed by atoms with Crippen molar-refractivity contribution in [1.29, 1.82) is 0 Å². The molecular weight excluding hydrogens is 368 g/mol. The molecule has 0 saturated carbocycles. The number of methoxy groups -OCH3 is 2. The minimum Gasteiger partial charge on any atom is -0.497 e. The number of pyridine rings is 2. The lowest BCUT2D eigenvalue weighted by molar-refractivity contribution is -0.658. The van der Waals surface area contributed by atoms with Crippen LogP contribution in [0.2, 0.25) is 0 Å². The Morgan fingerprint density at radius 3 is 2.41 bits per heavy atom. The first kappa shape index (κ1) is 19.9. The van der Waals surface area contributed by atoms with E-state index in [-0.39, 0.29) is 0 Å². The van der Waals surface area contributed by atoms with Crippen molar-refractivity contribution < 1.29 is 14.0 Å². The van der Waals surface area contributed by atoms with Crippen LogP contribution in [0.25, 0.3) is 0 Å². The van der Waals surface area contributed by atoms with Crippen LogP contribution in [0.15, 0.2) is 87.4 Å². The standard InChI is InChI=1S/C21H23N6O2/c1-26-12-10-17(28-3)14-19(26)22-24-21(16-8-6-5-7-9-16)25-23-20-15-18(29-4)11-13-27(20)2/h5-15H,1-4H3/q+1. The van der Waals surface area contributed by atoms with E-state index in [1.165, 1.54) is 0 Å². The van der Waals surface area contributed by atoms with Crippen molar-refractivity contribution in [3.05, 3.63) is 78.0 Å². The lowest BCUT2D eigenvalue weighted by atomic mass is 10.2. The molecule has 148 valence electrons. The molecule has 8 nitrogen and oxygen atoms in total. The minimum absolute atomic E-state index is 0.385. The van der Waals surface area contributed by atoms with E-state index in [4.69, 9.17) is 9.47 Å². The van der Waals surface area contributed by atoms with Gasteiger partial charge >= 0.3 is 5.82 Å². The number of benzene rings is 1. The number of hydrogen-bond donors (Lipinski definition) is 0. The molecule has 29 heavy (non-hydrogen) atoms. The predicted octanol–water partition coefficient (Wildman–Crippen LogP) is 2.91. The molecule has 1 aromatic carbocycles. The Hall–Kier alpha value is -3.81. The van der Waals surface area contributed by atoms with Crippen molar-refractivity contribution in [2.45, 2.75) is 0 Å². The van der Waals surface area contributed by atoms with E-state index < -0.39 is 0 Å². The van der Waals surface area contributed by atoms with Crippen LogP contribution >= 0.6 is 0 Å². The highest BCUT2D eigenvalue weighted by Gasteiger charge is 2.11. The minimum atomic E-state index is 0.385. The first-order valence-corrected chi connectivity index (χ1v) is 8.94. The third kappa shape index (κ3) is 5.13. The van der Waals surface area contributed by atoms with Crippen LogP contribution in [0.1, 0.15) is 5.56 Å². The Kier molecular flexibility index (Phi) is 6.47. The lowest BCUT2D eigenvalue weighted by Crippen LogP contribution is -2.27. The molecule has 0 bridgehead atoms. The first-order valence-electron chi connectivity index (χ1n) is 8.94. The van der Waals surface area contributed by atoms with Crippen LogP contribution < -0.4 is 19.5 Å². The summed E-state index contributed by atoms with van der Waals surface area (Å²) in [4.78, 5) is 0. The summed E-state index contributed by atoms with van der Waals surface area (Å²) in [7, 11) is 6.99. The Bertz CT molecular complexity index is 1100. The average Bonchev–Trinajstić information content (AvgIpc) is 2.76. The van der Waals surface area contributed by atoms with Crippen LogP contribution in [0.5, 0.6) is 11.5 Å². The van der Waals surface area contributed by atoms with E-state index >= 15 is 0 Å². The number of nitrogens with zero attached hydrogens (tertiary/aromatic N) is 6. The molecule has 3 aromatic rings. The summed E-state index contributed by atoms with van der Waals surface area (Å²) in [6.07, 6.45) is 3.71. The molecule has 0 aliphatic carbocycles. The molecule has 0 aliphatic heterocycles. The van der Waals surface area contributed by atoms with Crippen molar-refractivity contribution in [2.75, 3.05) is 14.2 Å². The smallest absolute Gasteiger partial charge is 0.354 e. The molecule has 3 rings (SSSR count). The van der Waals surface area contributed by atoms with Crippen molar-refractivity contribution in [3.63, 3.8) is 0 Å². The van der Waals surface area contributed by atoms with Gasteiger partial charge < -0.3 is 14.0 Å². The Labute approximate surface area is 169 Å². The van der Waals surface area contributed by atoms with Crippen LogP contribution in [0.3, 0.4) is 0 Å². The van der Waals surface area contributed by atoms with Crippen LogP contribution in [0.4, 0.5) is 5.82 Å². The predicted molar refractivity (Wildman–Crippen MR) is 109 cm³/mol. The zero-order valence-electron chi connectivity index (χ0n) is 16.9. The zero-order valence-corrected chi connectivity index (χ0v) is 16.9. The molecule has 8 heteroatoms. The number of ether oxygens (including phenoxy) is 2.